The van der Waals surface area contributed by atoms with Gasteiger partial charge in [0.15, 0.2) is 11.5 Å². The predicted octanol–water partition coefficient (Wildman–Crippen LogP) is 7.31. The van der Waals surface area contributed by atoms with Crippen molar-refractivity contribution < 1.29 is 19.4 Å². The molecule has 0 saturated heterocycles. The Hall–Kier alpha value is -4.46. The molecule has 1 aliphatic rings. The van der Waals surface area contributed by atoms with Gasteiger partial charge in [0, 0.05) is 27.1 Å². The number of benzene rings is 3. The minimum atomic E-state index is -0.619. The van der Waals surface area contributed by atoms with Gasteiger partial charge >= 0.3 is 0 Å². The van der Waals surface area contributed by atoms with Gasteiger partial charge in [0.05, 0.1) is 19.3 Å². The normalized spacial score (nSPS) is 13.9. The molecular weight excluding hydrogens is 530 g/mol. The van der Waals surface area contributed by atoms with E-state index in [4.69, 9.17) is 21.9 Å². The number of ether oxygens (including phenoxy) is 1. The number of hydrogen-bond donors (Lipinski definition) is 2. The molecule has 40 heavy (non-hydrogen) atoms. The third kappa shape index (κ3) is 6.94. The molecular formula is C30H30ClN5O4. The van der Waals surface area contributed by atoms with Crippen LogP contribution in [-0.2, 0) is 11.3 Å². The van der Waals surface area contributed by atoms with Crippen LogP contribution in [0.15, 0.2) is 83.6 Å². The number of azide groups is 1. The lowest BCUT2D eigenvalue weighted by Crippen LogP contribution is -2.43. The quantitative estimate of drug-likeness (QED) is 0.0936. The van der Waals surface area contributed by atoms with E-state index in [1.807, 2.05) is 0 Å². The summed E-state index contributed by atoms with van der Waals surface area (Å²) in [5, 5.41) is 18.8. The molecule has 2 amide bonds. The van der Waals surface area contributed by atoms with Gasteiger partial charge in [0.2, 0.25) is 0 Å². The van der Waals surface area contributed by atoms with Crippen LogP contribution in [0.2, 0.25) is 5.02 Å². The van der Waals surface area contributed by atoms with E-state index in [9.17, 15) is 14.7 Å². The Morgan fingerprint density at radius 1 is 1.05 bits per heavy atom. The molecule has 0 atom stereocenters. The molecule has 3 aromatic carbocycles. The summed E-state index contributed by atoms with van der Waals surface area (Å²) in [5.41, 5.74) is 10.0. The summed E-state index contributed by atoms with van der Waals surface area (Å²) in [6.45, 7) is -0.0613. The Balaban J connectivity index is 1.87. The minimum absolute atomic E-state index is 0.0613. The van der Waals surface area contributed by atoms with E-state index in [0.29, 0.717) is 21.9 Å². The Morgan fingerprint density at radius 2 is 1.73 bits per heavy atom. The molecule has 1 saturated carbocycles. The number of amides is 2. The van der Waals surface area contributed by atoms with Crippen LogP contribution in [0, 0.1) is 0 Å². The highest BCUT2D eigenvalue weighted by molar-refractivity contribution is 6.30. The van der Waals surface area contributed by atoms with E-state index in [1.54, 1.807) is 60.7 Å². The molecule has 1 fully saturated rings. The monoisotopic (exact) mass is 559 g/mol. The van der Waals surface area contributed by atoms with E-state index in [2.05, 4.69) is 15.3 Å². The van der Waals surface area contributed by atoms with E-state index in [1.165, 1.54) is 24.1 Å². The topological polar surface area (TPSA) is 128 Å². The number of carbonyl (C=O) groups excluding carboxylic acids is 2. The van der Waals surface area contributed by atoms with Crippen molar-refractivity contribution in [3.63, 3.8) is 0 Å². The van der Waals surface area contributed by atoms with Crippen molar-refractivity contribution in [2.75, 3.05) is 7.11 Å². The highest BCUT2D eigenvalue weighted by Gasteiger charge is 2.31. The van der Waals surface area contributed by atoms with Crippen LogP contribution in [0.4, 0.5) is 5.69 Å². The van der Waals surface area contributed by atoms with Crippen molar-refractivity contribution in [3.05, 3.63) is 111 Å². The largest absolute Gasteiger partial charge is 0.505 e. The smallest absolute Gasteiger partial charge is 0.272 e. The zero-order valence-electron chi connectivity index (χ0n) is 22.1. The number of hydrogen-bond acceptors (Lipinski definition) is 5. The first-order valence-electron chi connectivity index (χ1n) is 13.0. The van der Waals surface area contributed by atoms with Gasteiger partial charge in [-0.3, -0.25) is 14.5 Å². The summed E-state index contributed by atoms with van der Waals surface area (Å²) in [7, 11) is 1.53. The van der Waals surface area contributed by atoms with Gasteiger partial charge in [0.1, 0.15) is 5.75 Å². The lowest BCUT2D eigenvalue weighted by molar-refractivity contribution is -0.119. The standard InChI is InChI=1S/C30H30ClN5O4/c1-40-24-17-13-21(14-18-24)28(37)27(29(38)33-23-7-3-2-4-8-23)36(19-20-11-15-22(31)16-12-20)30(39)25-9-5-6-10-26(25)34-35-32/h5-6,9-18,23,37H,2-4,7-8,19H2,1H3,(H,33,38)/b28-27+. The highest BCUT2D eigenvalue weighted by Crippen LogP contribution is 2.29. The molecule has 0 aliphatic heterocycles. The van der Waals surface area contributed by atoms with E-state index in [-0.39, 0.29) is 35.3 Å². The number of halogens is 1. The molecule has 0 radical (unpaired) electrons. The molecule has 0 aromatic heterocycles. The Morgan fingerprint density at radius 3 is 2.38 bits per heavy atom. The second kappa shape index (κ2) is 13.6. The van der Waals surface area contributed by atoms with Crippen molar-refractivity contribution in [2.24, 2.45) is 5.11 Å². The number of nitrogens with one attached hydrogen (secondary N) is 1. The zero-order chi connectivity index (χ0) is 28.5. The summed E-state index contributed by atoms with van der Waals surface area (Å²) in [4.78, 5) is 32.1. The first-order chi connectivity index (χ1) is 19.4. The fraction of sp³-hybridized carbons (Fsp3) is 0.267. The van der Waals surface area contributed by atoms with Crippen LogP contribution >= 0.6 is 11.6 Å². The van der Waals surface area contributed by atoms with Crippen LogP contribution in [0.3, 0.4) is 0 Å². The molecule has 0 unspecified atom stereocenters. The molecule has 0 bridgehead atoms. The molecule has 206 valence electrons. The summed E-state index contributed by atoms with van der Waals surface area (Å²) in [6, 6.07) is 19.6. The number of aliphatic hydroxyl groups excluding tert-OH is 1. The summed E-state index contributed by atoms with van der Waals surface area (Å²) in [5.74, 6) is -1.00. The maximum atomic E-state index is 14.2. The van der Waals surface area contributed by atoms with Gasteiger partial charge in [-0.2, -0.15) is 0 Å². The molecule has 10 heteroatoms. The third-order valence-corrected chi connectivity index (χ3v) is 7.05. The summed E-state index contributed by atoms with van der Waals surface area (Å²) < 4.78 is 5.23. The minimum Gasteiger partial charge on any atom is -0.505 e. The van der Waals surface area contributed by atoms with E-state index < -0.39 is 11.8 Å². The maximum Gasteiger partial charge on any atom is 0.272 e. The van der Waals surface area contributed by atoms with Crippen LogP contribution in [0.5, 0.6) is 5.75 Å². The highest BCUT2D eigenvalue weighted by atomic mass is 35.5. The average Bonchev–Trinajstić information content (AvgIpc) is 2.98. The van der Waals surface area contributed by atoms with Crippen molar-refractivity contribution >= 4 is 34.9 Å². The molecule has 3 aromatic rings. The molecule has 2 N–H and O–H groups in total. The average molecular weight is 560 g/mol. The number of aliphatic hydroxyl groups is 1. The van der Waals surface area contributed by atoms with Gasteiger partial charge in [-0.1, -0.05) is 66.3 Å². The van der Waals surface area contributed by atoms with Gasteiger partial charge in [-0.25, -0.2) is 0 Å². The molecule has 9 nitrogen and oxygen atoms in total. The number of carbonyl (C=O) groups is 2. The van der Waals surface area contributed by atoms with E-state index in [0.717, 1.165) is 32.1 Å². The van der Waals surface area contributed by atoms with Gasteiger partial charge in [0.25, 0.3) is 11.8 Å². The van der Waals surface area contributed by atoms with Crippen molar-refractivity contribution in [2.45, 2.75) is 44.7 Å². The fourth-order valence-electron chi connectivity index (χ4n) is 4.70. The van der Waals surface area contributed by atoms with Gasteiger partial charge < -0.3 is 15.2 Å². The Kier molecular flexibility index (Phi) is 9.67. The maximum absolute atomic E-state index is 14.2. The van der Waals surface area contributed by atoms with Crippen molar-refractivity contribution in [1.29, 1.82) is 0 Å². The zero-order valence-corrected chi connectivity index (χ0v) is 22.8. The molecule has 1 aliphatic carbocycles. The first kappa shape index (κ1) is 28.5. The SMILES string of the molecule is COc1ccc(/C(O)=C(/C(=O)NC2CCCCC2)N(Cc2ccc(Cl)cc2)C(=O)c2ccccc2N=[N+]=[N-])cc1. The molecule has 0 spiro atoms. The van der Waals surface area contributed by atoms with Crippen LogP contribution in [0.1, 0.15) is 53.6 Å². The second-order valence-electron chi connectivity index (χ2n) is 9.46. The number of rotatable bonds is 9. The lowest BCUT2D eigenvalue weighted by Gasteiger charge is -2.29. The van der Waals surface area contributed by atoms with Crippen molar-refractivity contribution in [3.8, 4) is 5.75 Å². The Labute approximate surface area is 237 Å². The fourth-order valence-corrected chi connectivity index (χ4v) is 4.83. The van der Waals surface area contributed by atoms with Crippen LogP contribution in [-0.4, -0.2) is 35.0 Å². The van der Waals surface area contributed by atoms with Crippen LogP contribution < -0.4 is 10.1 Å². The first-order valence-corrected chi connectivity index (χ1v) is 13.4. The summed E-state index contributed by atoms with van der Waals surface area (Å²) >= 11 is 6.09. The molecule has 4 rings (SSSR count). The van der Waals surface area contributed by atoms with Crippen LogP contribution in [0.25, 0.3) is 16.2 Å². The summed E-state index contributed by atoms with van der Waals surface area (Å²) in [6.07, 6.45) is 4.70. The lowest BCUT2D eigenvalue weighted by atomic mass is 9.95. The van der Waals surface area contributed by atoms with Gasteiger partial charge in [-0.05, 0) is 66.4 Å². The molecule has 0 heterocycles. The third-order valence-electron chi connectivity index (χ3n) is 6.80. The second-order valence-corrected chi connectivity index (χ2v) is 9.89. The van der Waals surface area contributed by atoms with Gasteiger partial charge in [-0.15, -0.1) is 0 Å². The van der Waals surface area contributed by atoms with Crippen molar-refractivity contribution in [1.82, 2.24) is 10.2 Å². The predicted molar refractivity (Wildman–Crippen MR) is 154 cm³/mol. The number of nitrogens with zero attached hydrogens (tertiary/aromatic N) is 4. The van der Waals surface area contributed by atoms with E-state index >= 15 is 0 Å². The Bertz CT molecular complexity index is 1430. The number of methoxy groups -OCH3 is 1.